The van der Waals surface area contributed by atoms with E-state index < -0.39 is 0 Å². The summed E-state index contributed by atoms with van der Waals surface area (Å²) in [7, 11) is 1.73. The Balaban J connectivity index is 1.91. The molecule has 1 heterocycles. The van der Waals surface area contributed by atoms with Crippen LogP contribution in [0.5, 0.6) is 0 Å². The molecule has 92 valence electrons. The molecule has 3 heteroatoms. The third-order valence-corrected chi connectivity index (χ3v) is 2.94. The number of benzene rings is 1. The number of methoxy groups -OCH3 is 1. The van der Waals surface area contributed by atoms with Crippen LogP contribution in [0.25, 0.3) is 10.9 Å². The van der Waals surface area contributed by atoms with Crippen molar-refractivity contribution < 1.29 is 4.74 Å². The molecule has 1 aromatic carbocycles. The van der Waals surface area contributed by atoms with E-state index in [4.69, 9.17) is 4.74 Å². The Bertz CT molecular complexity index is 464. The summed E-state index contributed by atoms with van der Waals surface area (Å²) >= 11 is 0. The summed E-state index contributed by atoms with van der Waals surface area (Å²) in [6, 6.07) is 11.0. The summed E-state index contributed by atoms with van der Waals surface area (Å²) < 4.78 is 7.37. The molecule has 1 unspecified atom stereocenters. The summed E-state index contributed by atoms with van der Waals surface area (Å²) in [5.74, 6) is 0. The van der Waals surface area contributed by atoms with Gasteiger partial charge in [0.1, 0.15) is 0 Å². The third kappa shape index (κ3) is 3.08. The van der Waals surface area contributed by atoms with Gasteiger partial charge in [0.05, 0.1) is 6.61 Å². The first-order valence-electron chi connectivity index (χ1n) is 6.07. The molecule has 0 saturated carbocycles. The van der Waals surface area contributed by atoms with E-state index in [0.717, 1.165) is 19.7 Å². The van der Waals surface area contributed by atoms with Gasteiger partial charge >= 0.3 is 0 Å². The first-order chi connectivity index (χ1) is 8.31. The SMILES string of the molecule is COCC(C)NCCn1ccc2ccccc21. The van der Waals surface area contributed by atoms with Gasteiger partial charge in [0.25, 0.3) is 0 Å². The highest BCUT2D eigenvalue weighted by molar-refractivity contribution is 5.79. The van der Waals surface area contributed by atoms with Crippen LogP contribution in [-0.2, 0) is 11.3 Å². The Morgan fingerprint density at radius 1 is 1.29 bits per heavy atom. The van der Waals surface area contributed by atoms with Crippen molar-refractivity contribution in [3.05, 3.63) is 36.5 Å². The number of nitrogens with one attached hydrogen (secondary N) is 1. The first kappa shape index (κ1) is 12.1. The number of aromatic nitrogens is 1. The molecule has 0 fully saturated rings. The van der Waals surface area contributed by atoms with E-state index in [1.807, 2.05) is 0 Å². The number of hydrogen-bond donors (Lipinski definition) is 1. The second-order valence-electron chi connectivity index (χ2n) is 4.38. The highest BCUT2D eigenvalue weighted by Gasteiger charge is 2.01. The smallest absolute Gasteiger partial charge is 0.0613 e. The monoisotopic (exact) mass is 232 g/mol. The Kier molecular flexibility index (Phi) is 4.18. The van der Waals surface area contributed by atoms with Gasteiger partial charge in [0, 0.05) is 38.0 Å². The van der Waals surface area contributed by atoms with Gasteiger partial charge in [0.2, 0.25) is 0 Å². The van der Waals surface area contributed by atoms with Crippen molar-refractivity contribution in [2.45, 2.75) is 19.5 Å². The van der Waals surface area contributed by atoms with Crippen molar-refractivity contribution in [2.24, 2.45) is 0 Å². The maximum Gasteiger partial charge on any atom is 0.0613 e. The van der Waals surface area contributed by atoms with Crippen molar-refractivity contribution >= 4 is 10.9 Å². The van der Waals surface area contributed by atoms with Crippen LogP contribution in [0.4, 0.5) is 0 Å². The average molecular weight is 232 g/mol. The van der Waals surface area contributed by atoms with E-state index in [1.165, 1.54) is 10.9 Å². The molecular weight excluding hydrogens is 212 g/mol. The molecule has 0 amide bonds. The van der Waals surface area contributed by atoms with Gasteiger partial charge in [-0.05, 0) is 24.4 Å². The molecule has 3 nitrogen and oxygen atoms in total. The number of fused-ring (bicyclic) bond motifs is 1. The average Bonchev–Trinajstić information content (AvgIpc) is 2.73. The van der Waals surface area contributed by atoms with Gasteiger partial charge in [-0.15, -0.1) is 0 Å². The first-order valence-corrected chi connectivity index (χ1v) is 6.07. The van der Waals surface area contributed by atoms with Gasteiger partial charge < -0.3 is 14.6 Å². The second kappa shape index (κ2) is 5.84. The molecule has 0 aliphatic carbocycles. The zero-order valence-corrected chi connectivity index (χ0v) is 10.5. The molecule has 0 aliphatic rings. The molecule has 1 atom stereocenters. The molecule has 0 spiro atoms. The predicted octanol–water partition coefficient (Wildman–Crippen LogP) is 2.27. The largest absolute Gasteiger partial charge is 0.383 e. The summed E-state index contributed by atoms with van der Waals surface area (Å²) in [6.07, 6.45) is 2.15. The second-order valence-corrected chi connectivity index (χ2v) is 4.38. The van der Waals surface area contributed by atoms with E-state index in [-0.39, 0.29) is 0 Å². The fourth-order valence-electron chi connectivity index (χ4n) is 2.08. The highest BCUT2D eigenvalue weighted by Crippen LogP contribution is 2.14. The Morgan fingerprint density at radius 2 is 2.12 bits per heavy atom. The Labute approximate surface area is 102 Å². The van der Waals surface area contributed by atoms with Crippen molar-refractivity contribution in [3.63, 3.8) is 0 Å². The lowest BCUT2D eigenvalue weighted by atomic mass is 10.2. The molecule has 0 saturated heterocycles. The van der Waals surface area contributed by atoms with Crippen LogP contribution in [0.3, 0.4) is 0 Å². The molecule has 1 aromatic heterocycles. The normalized spacial score (nSPS) is 13.1. The molecule has 2 rings (SSSR count). The Morgan fingerprint density at radius 3 is 2.94 bits per heavy atom. The van der Waals surface area contributed by atoms with E-state index in [0.29, 0.717) is 6.04 Å². The molecule has 0 aliphatic heterocycles. The van der Waals surface area contributed by atoms with Crippen molar-refractivity contribution in [1.82, 2.24) is 9.88 Å². The van der Waals surface area contributed by atoms with Crippen LogP contribution in [0, 0.1) is 0 Å². The molecule has 0 radical (unpaired) electrons. The summed E-state index contributed by atoms with van der Waals surface area (Å²) in [5.41, 5.74) is 1.30. The minimum Gasteiger partial charge on any atom is -0.383 e. The molecular formula is C14H20N2O. The molecule has 17 heavy (non-hydrogen) atoms. The number of rotatable bonds is 6. The van der Waals surface area contributed by atoms with Crippen LogP contribution >= 0.6 is 0 Å². The van der Waals surface area contributed by atoms with Crippen LogP contribution in [0.2, 0.25) is 0 Å². The van der Waals surface area contributed by atoms with Crippen molar-refractivity contribution in [3.8, 4) is 0 Å². The van der Waals surface area contributed by atoms with Crippen LogP contribution in [-0.4, -0.2) is 30.9 Å². The molecule has 2 aromatic rings. The summed E-state index contributed by atoms with van der Waals surface area (Å²) in [5, 5.41) is 4.74. The molecule has 0 bridgehead atoms. The standard InChI is InChI=1S/C14H20N2O/c1-12(11-17-2)15-8-10-16-9-7-13-5-3-4-6-14(13)16/h3-7,9,12,15H,8,10-11H2,1-2H3. The van der Waals surface area contributed by atoms with Gasteiger partial charge in [-0.2, -0.15) is 0 Å². The highest BCUT2D eigenvalue weighted by atomic mass is 16.5. The fraction of sp³-hybridized carbons (Fsp3) is 0.429. The quantitative estimate of drug-likeness (QED) is 0.827. The lowest BCUT2D eigenvalue weighted by Gasteiger charge is -2.13. The zero-order valence-electron chi connectivity index (χ0n) is 10.5. The maximum atomic E-state index is 5.09. The minimum absolute atomic E-state index is 0.404. The van der Waals surface area contributed by atoms with Gasteiger partial charge in [-0.25, -0.2) is 0 Å². The Hall–Kier alpha value is -1.32. The number of para-hydroxylation sites is 1. The fourth-order valence-corrected chi connectivity index (χ4v) is 2.08. The van der Waals surface area contributed by atoms with Crippen LogP contribution < -0.4 is 5.32 Å². The van der Waals surface area contributed by atoms with Crippen LogP contribution in [0.1, 0.15) is 6.92 Å². The van der Waals surface area contributed by atoms with Gasteiger partial charge in [0.15, 0.2) is 0 Å². The number of ether oxygens (including phenoxy) is 1. The maximum absolute atomic E-state index is 5.09. The van der Waals surface area contributed by atoms with E-state index in [1.54, 1.807) is 7.11 Å². The van der Waals surface area contributed by atoms with Crippen molar-refractivity contribution in [1.29, 1.82) is 0 Å². The van der Waals surface area contributed by atoms with Crippen LogP contribution in [0.15, 0.2) is 36.5 Å². The predicted molar refractivity (Wildman–Crippen MR) is 71.3 cm³/mol. The summed E-state index contributed by atoms with van der Waals surface area (Å²) in [4.78, 5) is 0. The molecule has 1 N–H and O–H groups in total. The third-order valence-electron chi connectivity index (χ3n) is 2.94. The number of nitrogens with zero attached hydrogens (tertiary/aromatic N) is 1. The number of hydrogen-bond acceptors (Lipinski definition) is 2. The topological polar surface area (TPSA) is 26.2 Å². The van der Waals surface area contributed by atoms with Gasteiger partial charge in [-0.3, -0.25) is 0 Å². The minimum atomic E-state index is 0.404. The van der Waals surface area contributed by atoms with E-state index in [2.05, 4.69) is 53.3 Å². The zero-order chi connectivity index (χ0) is 12.1. The lowest BCUT2D eigenvalue weighted by Crippen LogP contribution is -2.32. The lowest BCUT2D eigenvalue weighted by molar-refractivity contribution is 0.172. The van der Waals surface area contributed by atoms with Crippen molar-refractivity contribution in [2.75, 3.05) is 20.3 Å². The van der Waals surface area contributed by atoms with E-state index in [9.17, 15) is 0 Å². The van der Waals surface area contributed by atoms with Gasteiger partial charge in [-0.1, -0.05) is 18.2 Å². The van der Waals surface area contributed by atoms with E-state index >= 15 is 0 Å². The summed E-state index contributed by atoms with van der Waals surface area (Å²) in [6.45, 7) is 4.84.